The van der Waals surface area contributed by atoms with Gasteiger partial charge in [0.05, 0.1) is 22.0 Å². The monoisotopic (exact) mass is 339 g/mol. The lowest BCUT2D eigenvalue weighted by molar-refractivity contribution is 0.0735. The summed E-state index contributed by atoms with van der Waals surface area (Å²) >= 11 is 1.61. The Morgan fingerprint density at radius 3 is 3.00 bits per heavy atom. The van der Waals surface area contributed by atoms with E-state index in [1.165, 1.54) is 10.4 Å². The number of carbonyl (C=O) groups excluding carboxylic acids is 1. The number of hydrogen-bond acceptors (Lipinski definition) is 3. The molecule has 0 spiro atoms. The van der Waals surface area contributed by atoms with Gasteiger partial charge in [0.15, 0.2) is 0 Å². The molecule has 1 aliphatic heterocycles. The third-order valence-electron chi connectivity index (χ3n) is 4.85. The molecule has 4 rings (SSSR count). The number of nitrogens with one attached hydrogen (secondary N) is 1. The number of aromatic nitrogens is 2. The fourth-order valence-corrected chi connectivity index (χ4v) is 4.61. The molecule has 1 atom stereocenters. The summed E-state index contributed by atoms with van der Waals surface area (Å²) in [5, 5.41) is 0. The largest absolute Gasteiger partial charge is 0.340 e. The van der Waals surface area contributed by atoms with Crippen molar-refractivity contribution in [1.82, 2.24) is 14.9 Å². The molecule has 3 aromatic rings. The van der Waals surface area contributed by atoms with Crippen LogP contribution < -0.4 is 0 Å². The highest BCUT2D eigenvalue weighted by molar-refractivity contribution is 7.14. The number of H-pyrrole nitrogens is 1. The molecule has 0 aliphatic carbocycles. The van der Waals surface area contributed by atoms with E-state index < -0.39 is 0 Å². The number of fused-ring (bicyclic) bond motifs is 1. The van der Waals surface area contributed by atoms with Crippen LogP contribution in [0.2, 0.25) is 0 Å². The van der Waals surface area contributed by atoms with E-state index in [1.54, 1.807) is 11.3 Å². The predicted molar refractivity (Wildman–Crippen MR) is 97.5 cm³/mol. The molecule has 0 radical (unpaired) electrons. The highest BCUT2D eigenvalue weighted by Gasteiger charge is 2.33. The Bertz CT molecular complexity index is 862. The maximum Gasteiger partial charge on any atom is 0.264 e. The number of carbonyl (C=O) groups is 1. The number of thiophene rings is 1. The molecule has 24 heavy (non-hydrogen) atoms. The smallest absolute Gasteiger partial charge is 0.264 e. The van der Waals surface area contributed by atoms with Crippen LogP contribution in [-0.2, 0) is 6.42 Å². The van der Waals surface area contributed by atoms with E-state index in [4.69, 9.17) is 4.98 Å². The van der Waals surface area contributed by atoms with Crippen molar-refractivity contribution in [2.24, 2.45) is 0 Å². The fraction of sp³-hybridized carbons (Fsp3) is 0.368. The minimum Gasteiger partial charge on any atom is -0.340 e. The summed E-state index contributed by atoms with van der Waals surface area (Å²) in [4.78, 5) is 25.2. The molecule has 1 fully saturated rings. The Morgan fingerprint density at radius 1 is 1.42 bits per heavy atom. The van der Waals surface area contributed by atoms with Gasteiger partial charge in [0, 0.05) is 11.4 Å². The second-order valence-corrected chi connectivity index (χ2v) is 7.60. The van der Waals surface area contributed by atoms with Crippen molar-refractivity contribution in [3.05, 3.63) is 51.5 Å². The molecule has 0 bridgehead atoms. The number of aryl methyl sites for hydroxylation is 2. The fourth-order valence-electron chi connectivity index (χ4n) is 3.54. The number of rotatable bonds is 3. The Kier molecular flexibility index (Phi) is 3.88. The molecule has 1 aliphatic rings. The molecular formula is C19H21N3OS. The van der Waals surface area contributed by atoms with Gasteiger partial charge in [-0.3, -0.25) is 4.79 Å². The zero-order valence-electron chi connectivity index (χ0n) is 14.0. The van der Waals surface area contributed by atoms with Crippen LogP contribution in [0.4, 0.5) is 0 Å². The molecule has 1 saturated heterocycles. The summed E-state index contributed by atoms with van der Waals surface area (Å²) in [6.45, 7) is 5.04. The zero-order valence-corrected chi connectivity index (χ0v) is 14.8. The van der Waals surface area contributed by atoms with Gasteiger partial charge in [-0.05, 0) is 49.9 Å². The van der Waals surface area contributed by atoms with Gasteiger partial charge >= 0.3 is 0 Å². The van der Waals surface area contributed by atoms with Crippen LogP contribution in [0.5, 0.6) is 0 Å². The predicted octanol–water partition coefficient (Wildman–Crippen LogP) is 4.47. The van der Waals surface area contributed by atoms with E-state index in [1.807, 2.05) is 29.2 Å². The number of para-hydroxylation sites is 2. The summed E-state index contributed by atoms with van der Waals surface area (Å²) in [6, 6.07) is 10.2. The van der Waals surface area contributed by atoms with Gasteiger partial charge in [0.1, 0.15) is 5.82 Å². The van der Waals surface area contributed by atoms with Crippen LogP contribution in [0.25, 0.3) is 11.0 Å². The van der Waals surface area contributed by atoms with Crippen LogP contribution in [0.1, 0.15) is 51.7 Å². The van der Waals surface area contributed by atoms with Gasteiger partial charge in [-0.1, -0.05) is 19.1 Å². The van der Waals surface area contributed by atoms with Gasteiger partial charge in [-0.2, -0.15) is 0 Å². The van der Waals surface area contributed by atoms with Crippen molar-refractivity contribution in [2.45, 2.75) is 39.2 Å². The molecule has 1 unspecified atom stereocenters. The number of likely N-dealkylation sites (tertiary alicyclic amines) is 1. The number of imidazole rings is 1. The first kappa shape index (κ1) is 15.4. The Balaban J connectivity index is 1.65. The van der Waals surface area contributed by atoms with Crippen molar-refractivity contribution in [3.63, 3.8) is 0 Å². The minimum atomic E-state index is 0.0531. The van der Waals surface area contributed by atoms with Gasteiger partial charge in [0.25, 0.3) is 5.91 Å². The first-order valence-corrected chi connectivity index (χ1v) is 9.34. The molecule has 2 aromatic heterocycles. The number of aromatic amines is 1. The topological polar surface area (TPSA) is 49.0 Å². The molecule has 1 aromatic carbocycles. The average molecular weight is 339 g/mol. The van der Waals surface area contributed by atoms with E-state index in [2.05, 4.69) is 24.9 Å². The van der Waals surface area contributed by atoms with Gasteiger partial charge in [0.2, 0.25) is 0 Å². The minimum absolute atomic E-state index is 0.0531. The summed E-state index contributed by atoms with van der Waals surface area (Å²) < 4.78 is 0. The maximum absolute atomic E-state index is 13.0. The van der Waals surface area contributed by atoms with Crippen molar-refractivity contribution >= 4 is 28.3 Å². The lowest BCUT2D eigenvalue weighted by atomic mass is 10.2. The van der Waals surface area contributed by atoms with E-state index in [9.17, 15) is 4.79 Å². The molecule has 4 nitrogen and oxygen atoms in total. The SMILES string of the molecule is CCc1cc(C(=O)N2CCCC2c2nc3ccccc3[nH]2)sc1C. The molecule has 0 saturated carbocycles. The van der Waals surface area contributed by atoms with Crippen LogP contribution >= 0.6 is 11.3 Å². The summed E-state index contributed by atoms with van der Waals surface area (Å²) in [5.74, 6) is 1.05. The second kappa shape index (κ2) is 6.06. The number of hydrogen-bond donors (Lipinski definition) is 1. The second-order valence-electron chi connectivity index (χ2n) is 6.34. The van der Waals surface area contributed by atoms with Crippen molar-refractivity contribution in [2.75, 3.05) is 6.54 Å². The highest BCUT2D eigenvalue weighted by atomic mass is 32.1. The van der Waals surface area contributed by atoms with Crippen molar-refractivity contribution in [1.29, 1.82) is 0 Å². The number of amides is 1. The molecule has 5 heteroatoms. The van der Waals surface area contributed by atoms with E-state index in [-0.39, 0.29) is 11.9 Å². The Hall–Kier alpha value is -2.14. The van der Waals surface area contributed by atoms with Crippen LogP contribution in [-0.4, -0.2) is 27.3 Å². The first-order chi connectivity index (χ1) is 11.7. The molecule has 1 N–H and O–H groups in total. The van der Waals surface area contributed by atoms with E-state index in [0.29, 0.717) is 0 Å². The van der Waals surface area contributed by atoms with Crippen LogP contribution in [0.3, 0.4) is 0 Å². The highest BCUT2D eigenvalue weighted by Crippen LogP contribution is 2.34. The van der Waals surface area contributed by atoms with Gasteiger partial charge in [-0.25, -0.2) is 4.98 Å². The first-order valence-electron chi connectivity index (χ1n) is 8.52. The Labute approximate surface area is 145 Å². The number of benzene rings is 1. The Morgan fingerprint density at radius 2 is 2.25 bits per heavy atom. The van der Waals surface area contributed by atoms with E-state index in [0.717, 1.165) is 47.5 Å². The average Bonchev–Trinajstić information content (AvgIpc) is 3.30. The van der Waals surface area contributed by atoms with Gasteiger partial charge < -0.3 is 9.88 Å². The van der Waals surface area contributed by atoms with Crippen LogP contribution in [0.15, 0.2) is 30.3 Å². The van der Waals surface area contributed by atoms with Gasteiger partial charge in [-0.15, -0.1) is 11.3 Å². The molecule has 3 heterocycles. The third kappa shape index (κ3) is 2.53. The quantitative estimate of drug-likeness (QED) is 0.765. The summed E-state index contributed by atoms with van der Waals surface area (Å²) in [5.41, 5.74) is 3.28. The lowest BCUT2D eigenvalue weighted by Crippen LogP contribution is -2.30. The summed E-state index contributed by atoms with van der Waals surface area (Å²) in [7, 11) is 0. The maximum atomic E-state index is 13.0. The van der Waals surface area contributed by atoms with Crippen molar-refractivity contribution in [3.8, 4) is 0 Å². The van der Waals surface area contributed by atoms with E-state index >= 15 is 0 Å². The van der Waals surface area contributed by atoms with Crippen LogP contribution in [0, 0.1) is 6.92 Å². The molecular weight excluding hydrogens is 318 g/mol. The summed E-state index contributed by atoms with van der Waals surface area (Å²) in [6.07, 6.45) is 2.97. The molecule has 1 amide bonds. The molecule has 124 valence electrons. The standard InChI is InChI=1S/C19H21N3OS/c1-3-13-11-17(24-12(13)2)19(23)22-10-6-9-16(22)18-20-14-7-4-5-8-15(14)21-18/h4-5,7-8,11,16H,3,6,9-10H2,1-2H3,(H,20,21). The third-order valence-corrected chi connectivity index (χ3v) is 5.93. The lowest BCUT2D eigenvalue weighted by Gasteiger charge is -2.22. The number of nitrogens with zero attached hydrogens (tertiary/aromatic N) is 2. The normalized spacial score (nSPS) is 17.8. The van der Waals surface area contributed by atoms with Crippen molar-refractivity contribution < 1.29 is 4.79 Å². The zero-order chi connectivity index (χ0) is 16.7.